The van der Waals surface area contributed by atoms with Crippen molar-refractivity contribution in [2.24, 2.45) is 0 Å². The van der Waals surface area contributed by atoms with Gasteiger partial charge in [-0.15, -0.1) is 0 Å². The normalized spacial score (nSPS) is 41.0. The molecule has 36 heteroatoms. The third-order valence-corrected chi connectivity index (χ3v) is 17.3. The van der Waals surface area contributed by atoms with Crippen molar-refractivity contribution in [3.8, 4) is 5.75 Å². The van der Waals surface area contributed by atoms with E-state index in [1.165, 1.54) is 18.6 Å². The maximum atomic E-state index is 13.9. The Balaban J connectivity index is 0.975. The highest BCUT2D eigenvalue weighted by atomic mass is 16.8. The van der Waals surface area contributed by atoms with Crippen LogP contribution in [0.2, 0.25) is 0 Å². The zero-order valence-corrected chi connectivity index (χ0v) is 53.0. The number of nitrogens with one attached hydrogen (secondary N) is 5. The van der Waals surface area contributed by atoms with E-state index in [2.05, 4.69) is 33.5 Å². The van der Waals surface area contributed by atoms with E-state index in [1.807, 2.05) is 0 Å². The Hall–Kier alpha value is -4.63. The van der Waals surface area contributed by atoms with Gasteiger partial charge in [-0.2, -0.15) is 0 Å². The summed E-state index contributed by atoms with van der Waals surface area (Å²) < 4.78 is 77.1. The number of ether oxygens (including phenoxy) is 13. The fourth-order valence-corrected chi connectivity index (χ4v) is 12.4. The second-order valence-electron chi connectivity index (χ2n) is 24.5. The predicted molar refractivity (Wildman–Crippen MR) is 313 cm³/mol. The van der Waals surface area contributed by atoms with Crippen LogP contribution in [0.15, 0.2) is 24.3 Å². The molecule has 540 valence electrons. The van der Waals surface area contributed by atoms with Gasteiger partial charge >= 0.3 is 0 Å². The molecule has 1 aromatic rings. The lowest BCUT2D eigenvalue weighted by Gasteiger charge is -2.51. The van der Waals surface area contributed by atoms with Crippen LogP contribution in [-0.2, 0) is 76.0 Å². The van der Waals surface area contributed by atoms with Crippen LogP contribution in [0.3, 0.4) is 0 Å². The lowest BCUT2D eigenvalue weighted by Crippen LogP contribution is -2.72. The number of epoxide rings is 1. The molecular weight excluding hydrogens is 1270 g/mol. The van der Waals surface area contributed by atoms with Gasteiger partial charge in [-0.1, -0.05) is 51.5 Å². The molecule has 0 aromatic heterocycles. The van der Waals surface area contributed by atoms with Crippen LogP contribution in [-0.4, -0.2) is 320 Å². The van der Waals surface area contributed by atoms with E-state index >= 15 is 0 Å². The molecule has 7 fully saturated rings. The number of aliphatic hydroxyl groups excluding tert-OH is 13. The highest BCUT2D eigenvalue weighted by Gasteiger charge is 2.60. The molecule has 0 bridgehead atoms. The van der Waals surface area contributed by atoms with Gasteiger partial charge < -0.3 is 155 Å². The summed E-state index contributed by atoms with van der Waals surface area (Å²) in [4.78, 5) is 64.9. The van der Waals surface area contributed by atoms with Crippen molar-refractivity contribution in [3.63, 3.8) is 0 Å². The Bertz CT molecular complexity index is 2640. The average Bonchev–Trinajstić information content (AvgIpc) is 1.55. The summed E-state index contributed by atoms with van der Waals surface area (Å²) >= 11 is 0. The molecule has 36 nitrogen and oxygen atoms in total. The standard InChI is InChI=1S/C59H93N5O31/c1-6-7-8-9-10-11-12-16-83-28-15-13-14-27(17-28)52(81)64-35-40(74)39(73)29(18-65)86-54(35)90-47-30(19-66)87-55(36(42(47)76)61-24(3)70)91-48-31(20-67)88-56(37(43(48)77)62-25(4)71)92-49-32(21-68)89-57(38(44(49)78)63-26(5)72)93-50-33(85-53(82)34(41(50)75)60-23(2)69)22-84-58-46(80)45(79)51-59(94-51)95-58/h13-15,17,29-51,53-59,65-68,73-80,82H,6-12,16,18-22H2,1-5H3,(H,60,69)(H,61,70)(H,62,71)(H,63,72)(H,64,81)/t29?,30?,31?,32?,33?,34-,35?,36?,37-,38?,39+,40?,41-,42?,43-,44?,45?,46?,47+,48?,49+,50?,51?,53+,54?,55?,56-,57?,58+,59?/m0/s1. The van der Waals surface area contributed by atoms with Crippen LogP contribution in [0.4, 0.5) is 0 Å². The fourth-order valence-electron chi connectivity index (χ4n) is 12.4. The van der Waals surface area contributed by atoms with Crippen molar-refractivity contribution in [1.82, 2.24) is 26.6 Å². The molecule has 1 aromatic carbocycles. The van der Waals surface area contributed by atoms with Gasteiger partial charge in [0.15, 0.2) is 44.0 Å². The monoisotopic (exact) mass is 1370 g/mol. The number of hydrogen-bond donors (Lipinski definition) is 18. The molecule has 95 heavy (non-hydrogen) atoms. The number of fused-ring (bicyclic) bond motifs is 1. The summed E-state index contributed by atoms with van der Waals surface area (Å²) in [5.74, 6) is -3.64. The van der Waals surface area contributed by atoms with E-state index in [0.717, 1.165) is 66.2 Å². The maximum Gasteiger partial charge on any atom is 0.251 e. The molecule has 7 heterocycles. The fraction of sp³-hybridized carbons (Fsp3) is 0.814. The lowest BCUT2D eigenvalue weighted by atomic mass is 9.93. The number of amides is 5. The largest absolute Gasteiger partial charge is 0.494 e. The van der Waals surface area contributed by atoms with Crippen molar-refractivity contribution in [1.29, 1.82) is 0 Å². The number of benzene rings is 1. The van der Waals surface area contributed by atoms with Gasteiger partial charge in [0.1, 0.15) is 146 Å². The molecule has 20 unspecified atom stereocenters. The molecule has 7 aliphatic rings. The zero-order valence-electron chi connectivity index (χ0n) is 53.0. The number of carbonyl (C=O) groups is 5. The van der Waals surface area contributed by atoms with Crippen molar-refractivity contribution in [2.75, 3.05) is 39.6 Å². The number of rotatable bonds is 30. The third-order valence-electron chi connectivity index (χ3n) is 17.3. The summed E-state index contributed by atoms with van der Waals surface area (Å²) in [6.45, 7) is 2.08. The minimum Gasteiger partial charge on any atom is -0.494 e. The quantitative estimate of drug-likeness (QED) is 0.0251. The van der Waals surface area contributed by atoms with Crippen LogP contribution >= 0.6 is 0 Å². The molecule has 0 radical (unpaired) electrons. The second kappa shape index (κ2) is 34.9. The average molecular weight is 1370 g/mol. The SMILES string of the molecule is CCCCCCCCCOc1cccc(C(=O)NC2C(O[C@@H]3C(CO)OC(OC4C(CO)O[C@@H](O[C@@H]5C(CO)OC(OC6C(CO[C@@H]7OC8OC8C(O)C7O)O[C@@H](O)[C@@H](NC(C)=O)[C@@H]6O)C(NC(C)=O)C5O)[C@@H](NC(C)=O)[C@@H]4O)C(NC(C)=O)C3O)OC(CO)[C@@H](O)C2O)c1. The number of carbonyl (C=O) groups excluding carboxylic acids is 5. The third kappa shape index (κ3) is 18.8. The predicted octanol–water partition coefficient (Wildman–Crippen LogP) is -7.96. The van der Waals surface area contributed by atoms with Crippen LogP contribution < -0.4 is 31.3 Å². The van der Waals surface area contributed by atoms with E-state index < -0.39 is 247 Å². The first-order valence-corrected chi connectivity index (χ1v) is 31.8. The molecule has 0 saturated carbocycles. The van der Waals surface area contributed by atoms with Crippen molar-refractivity contribution in [3.05, 3.63) is 29.8 Å². The molecule has 5 amide bonds. The van der Waals surface area contributed by atoms with E-state index in [9.17, 15) is 90.4 Å². The number of unbranched alkanes of at least 4 members (excludes halogenated alkanes) is 6. The molecule has 8 rings (SSSR count). The Labute approximate surface area is 545 Å². The van der Waals surface area contributed by atoms with Gasteiger partial charge in [0.05, 0.1) is 39.6 Å². The smallest absolute Gasteiger partial charge is 0.251 e. The highest BCUT2D eigenvalue weighted by molar-refractivity contribution is 5.94. The molecule has 7 aliphatic heterocycles. The molecule has 30 atom stereocenters. The number of aliphatic hydroxyl groups is 13. The van der Waals surface area contributed by atoms with Crippen molar-refractivity contribution >= 4 is 29.5 Å². The topological polar surface area (TPSA) is 532 Å². The van der Waals surface area contributed by atoms with Gasteiger partial charge in [0.2, 0.25) is 23.6 Å². The van der Waals surface area contributed by atoms with Crippen molar-refractivity contribution < 1.29 is 152 Å². The van der Waals surface area contributed by atoms with Crippen LogP contribution in [0.5, 0.6) is 5.75 Å². The van der Waals surface area contributed by atoms with Crippen LogP contribution in [0.25, 0.3) is 0 Å². The minimum atomic E-state index is -2.06. The summed E-state index contributed by atoms with van der Waals surface area (Å²) in [6, 6.07) is -2.39. The molecular formula is C59H93N5O31. The Morgan fingerprint density at radius 1 is 0.432 bits per heavy atom. The molecule has 0 spiro atoms. The Morgan fingerprint density at radius 2 is 0.853 bits per heavy atom. The zero-order chi connectivity index (χ0) is 69.1. The van der Waals surface area contributed by atoms with Gasteiger partial charge in [0.25, 0.3) is 5.91 Å². The Morgan fingerprint density at radius 3 is 1.32 bits per heavy atom. The first kappa shape index (κ1) is 76.1. The Kier molecular flexibility index (Phi) is 28.0. The van der Waals surface area contributed by atoms with Crippen LogP contribution in [0, 0.1) is 0 Å². The van der Waals surface area contributed by atoms with E-state index in [0.29, 0.717) is 12.4 Å². The van der Waals surface area contributed by atoms with Gasteiger partial charge in [-0.3, -0.25) is 24.0 Å². The van der Waals surface area contributed by atoms with Gasteiger partial charge in [-0.25, -0.2) is 0 Å². The molecule has 0 aliphatic carbocycles. The first-order chi connectivity index (χ1) is 45.3. The van der Waals surface area contributed by atoms with E-state index in [1.54, 1.807) is 12.1 Å². The summed E-state index contributed by atoms with van der Waals surface area (Å²) in [5, 5.41) is 158. The van der Waals surface area contributed by atoms with Gasteiger partial charge in [-0.05, 0) is 24.6 Å². The minimum absolute atomic E-state index is 0.0601. The van der Waals surface area contributed by atoms with Crippen LogP contribution in [0.1, 0.15) is 89.9 Å². The molecule has 7 saturated heterocycles. The van der Waals surface area contributed by atoms with Gasteiger partial charge in [0, 0.05) is 33.3 Å². The maximum absolute atomic E-state index is 13.9. The van der Waals surface area contributed by atoms with Crippen molar-refractivity contribution in [2.45, 2.75) is 264 Å². The van der Waals surface area contributed by atoms with E-state index in [4.69, 9.17) is 61.6 Å². The molecule has 18 N–H and O–H groups in total. The lowest BCUT2D eigenvalue weighted by molar-refractivity contribution is -0.368. The summed E-state index contributed by atoms with van der Waals surface area (Å²) in [7, 11) is 0. The summed E-state index contributed by atoms with van der Waals surface area (Å²) in [5.41, 5.74) is 0.0601. The first-order valence-electron chi connectivity index (χ1n) is 31.8. The number of hydrogen-bond acceptors (Lipinski definition) is 31. The highest BCUT2D eigenvalue weighted by Crippen LogP contribution is 2.39. The second-order valence-corrected chi connectivity index (χ2v) is 24.5. The van der Waals surface area contributed by atoms with E-state index in [-0.39, 0.29) is 5.56 Å². The summed E-state index contributed by atoms with van der Waals surface area (Å²) in [6.07, 6.45) is -35.7.